The maximum absolute atomic E-state index is 13.6. The van der Waals surface area contributed by atoms with E-state index in [1.807, 2.05) is 0 Å². The van der Waals surface area contributed by atoms with Gasteiger partial charge in [0.15, 0.2) is 11.6 Å². The topological polar surface area (TPSA) is 22.1 Å². The molecule has 0 amide bonds. The molecule has 1 heterocycles. The zero-order chi connectivity index (χ0) is 12.4. The van der Waals surface area contributed by atoms with Crippen LogP contribution in [-0.2, 0) is 0 Å². The van der Waals surface area contributed by atoms with E-state index in [0.29, 0.717) is 5.56 Å². The smallest absolute Gasteiger partial charge is 0.213 e. The number of rotatable bonds is 2. The average molecular weight is 256 g/mol. The second kappa shape index (κ2) is 4.67. The Morgan fingerprint density at radius 3 is 2.71 bits per heavy atom. The van der Waals surface area contributed by atoms with Gasteiger partial charge in [-0.15, -0.1) is 0 Å². The summed E-state index contributed by atoms with van der Waals surface area (Å²) in [5.74, 6) is -1.58. The minimum atomic E-state index is -0.942. The van der Waals surface area contributed by atoms with E-state index in [1.165, 1.54) is 31.5 Å². The Hall–Kier alpha value is -1.68. The quantitative estimate of drug-likeness (QED) is 0.817. The highest BCUT2D eigenvalue weighted by Crippen LogP contribution is 2.32. The van der Waals surface area contributed by atoms with Crippen molar-refractivity contribution in [1.82, 2.24) is 4.98 Å². The van der Waals surface area contributed by atoms with Crippen LogP contribution in [0.1, 0.15) is 0 Å². The van der Waals surface area contributed by atoms with Crippen LogP contribution < -0.4 is 4.74 Å². The lowest BCUT2D eigenvalue weighted by Gasteiger charge is -2.07. The van der Waals surface area contributed by atoms with Gasteiger partial charge in [-0.3, -0.25) is 0 Å². The van der Waals surface area contributed by atoms with Gasteiger partial charge < -0.3 is 4.74 Å². The van der Waals surface area contributed by atoms with Gasteiger partial charge >= 0.3 is 0 Å². The number of halogens is 3. The SMILES string of the molecule is COc1cc(-c2cccc(F)c2F)c(Cl)cn1. The van der Waals surface area contributed by atoms with E-state index in [1.54, 1.807) is 0 Å². The molecule has 0 aliphatic rings. The Morgan fingerprint density at radius 1 is 1.24 bits per heavy atom. The van der Waals surface area contributed by atoms with Crippen LogP contribution in [0.3, 0.4) is 0 Å². The molecule has 0 atom stereocenters. The van der Waals surface area contributed by atoms with Crippen molar-refractivity contribution in [2.24, 2.45) is 0 Å². The van der Waals surface area contributed by atoms with E-state index in [2.05, 4.69) is 4.98 Å². The van der Waals surface area contributed by atoms with E-state index in [-0.39, 0.29) is 16.5 Å². The molecule has 0 aliphatic carbocycles. The Balaban J connectivity index is 2.63. The minimum absolute atomic E-state index is 0.0794. The Kier molecular flexibility index (Phi) is 3.24. The maximum atomic E-state index is 13.6. The number of pyridine rings is 1. The van der Waals surface area contributed by atoms with Crippen molar-refractivity contribution in [3.05, 3.63) is 47.1 Å². The van der Waals surface area contributed by atoms with Crippen LogP contribution >= 0.6 is 11.6 Å². The largest absolute Gasteiger partial charge is 0.481 e. The molecule has 0 saturated heterocycles. The molecule has 0 saturated carbocycles. The van der Waals surface area contributed by atoms with Crippen LogP contribution in [0.5, 0.6) is 5.88 Å². The molecule has 0 spiro atoms. The van der Waals surface area contributed by atoms with Crippen molar-refractivity contribution in [2.75, 3.05) is 7.11 Å². The lowest BCUT2D eigenvalue weighted by Crippen LogP contribution is -1.93. The van der Waals surface area contributed by atoms with Crippen molar-refractivity contribution in [2.45, 2.75) is 0 Å². The number of hydrogen-bond donors (Lipinski definition) is 0. The number of methoxy groups -OCH3 is 1. The van der Waals surface area contributed by atoms with Crippen LogP contribution in [0, 0.1) is 11.6 Å². The van der Waals surface area contributed by atoms with Crippen LogP contribution in [0.2, 0.25) is 5.02 Å². The first-order chi connectivity index (χ1) is 8.13. The predicted octanol–water partition coefficient (Wildman–Crippen LogP) is 3.69. The van der Waals surface area contributed by atoms with Gasteiger partial charge in [-0.2, -0.15) is 0 Å². The summed E-state index contributed by atoms with van der Waals surface area (Å²) >= 11 is 5.90. The maximum Gasteiger partial charge on any atom is 0.213 e. The summed E-state index contributed by atoms with van der Waals surface area (Å²) in [6.45, 7) is 0. The third kappa shape index (κ3) is 2.22. The Labute approximate surface area is 102 Å². The summed E-state index contributed by atoms with van der Waals surface area (Å²) in [6, 6.07) is 5.36. The van der Waals surface area contributed by atoms with Crippen molar-refractivity contribution in [1.29, 1.82) is 0 Å². The molecule has 1 aromatic carbocycles. The van der Waals surface area contributed by atoms with Crippen molar-refractivity contribution >= 4 is 11.6 Å². The van der Waals surface area contributed by atoms with Gasteiger partial charge in [0.1, 0.15) is 0 Å². The first kappa shape index (κ1) is 11.8. The van der Waals surface area contributed by atoms with Crippen LogP contribution in [0.15, 0.2) is 30.5 Å². The van der Waals surface area contributed by atoms with E-state index < -0.39 is 11.6 Å². The first-order valence-electron chi connectivity index (χ1n) is 4.77. The summed E-state index contributed by atoms with van der Waals surface area (Å²) in [7, 11) is 1.43. The molecule has 0 bridgehead atoms. The van der Waals surface area contributed by atoms with Crippen LogP contribution in [0.25, 0.3) is 11.1 Å². The lowest BCUT2D eigenvalue weighted by molar-refractivity contribution is 0.398. The lowest BCUT2D eigenvalue weighted by atomic mass is 10.1. The molecule has 1 aromatic heterocycles. The molecule has 0 aliphatic heterocycles. The first-order valence-corrected chi connectivity index (χ1v) is 5.15. The summed E-state index contributed by atoms with van der Waals surface area (Å²) in [6.07, 6.45) is 1.33. The number of ether oxygens (including phenoxy) is 1. The monoisotopic (exact) mass is 255 g/mol. The fraction of sp³-hybridized carbons (Fsp3) is 0.0833. The summed E-state index contributed by atoms with van der Waals surface area (Å²) in [5.41, 5.74) is 0.422. The zero-order valence-corrected chi connectivity index (χ0v) is 9.63. The Morgan fingerprint density at radius 2 is 2.00 bits per heavy atom. The second-order valence-electron chi connectivity index (χ2n) is 3.31. The zero-order valence-electron chi connectivity index (χ0n) is 8.88. The highest BCUT2D eigenvalue weighted by molar-refractivity contribution is 6.33. The van der Waals surface area contributed by atoms with E-state index in [9.17, 15) is 8.78 Å². The average Bonchev–Trinajstić information content (AvgIpc) is 2.34. The van der Waals surface area contributed by atoms with Gasteiger partial charge in [0.05, 0.1) is 18.3 Å². The molecule has 0 fully saturated rings. The molecule has 2 nitrogen and oxygen atoms in total. The third-order valence-electron chi connectivity index (χ3n) is 2.28. The number of nitrogens with zero attached hydrogens (tertiary/aromatic N) is 1. The Bertz CT molecular complexity index is 560. The molecule has 17 heavy (non-hydrogen) atoms. The summed E-state index contributed by atoms with van der Waals surface area (Å²) in [4.78, 5) is 3.86. The number of aromatic nitrogens is 1. The van der Waals surface area contributed by atoms with Gasteiger partial charge in [-0.05, 0) is 6.07 Å². The molecule has 0 radical (unpaired) electrons. The number of hydrogen-bond acceptors (Lipinski definition) is 2. The van der Waals surface area contributed by atoms with Gasteiger partial charge in [-0.1, -0.05) is 23.7 Å². The highest BCUT2D eigenvalue weighted by Gasteiger charge is 2.13. The van der Waals surface area contributed by atoms with E-state index >= 15 is 0 Å². The molecule has 5 heteroatoms. The fourth-order valence-corrected chi connectivity index (χ4v) is 1.65. The summed E-state index contributed by atoms with van der Waals surface area (Å²) in [5, 5.41) is 0.232. The molecule has 2 rings (SSSR count). The van der Waals surface area contributed by atoms with Gasteiger partial charge in [0.25, 0.3) is 0 Å². The van der Waals surface area contributed by atoms with Crippen LogP contribution in [-0.4, -0.2) is 12.1 Å². The molecule has 2 aromatic rings. The van der Waals surface area contributed by atoms with Gasteiger partial charge in [-0.25, -0.2) is 13.8 Å². The van der Waals surface area contributed by atoms with Crippen molar-refractivity contribution in [3.8, 4) is 17.0 Å². The third-order valence-corrected chi connectivity index (χ3v) is 2.58. The molecule has 0 N–H and O–H groups in total. The second-order valence-corrected chi connectivity index (χ2v) is 3.72. The van der Waals surface area contributed by atoms with Crippen molar-refractivity contribution < 1.29 is 13.5 Å². The minimum Gasteiger partial charge on any atom is -0.481 e. The van der Waals surface area contributed by atoms with Gasteiger partial charge in [0, 0.05) is 17.2 Å². The normalized spacial score (nSPS) is 10.4. The highest BCUT2D eigenvalue weighted by atomic mass is 35.5. The van der Waals surface area contributed by atoms with E-state index in [0.717, 1.165) is 6.07 Å². The van der Waals surface area contributed by atoms with E-state index in [4.69, 9.17) is 16.3 Å². The predicted molar refractivity (Wildman–Crippen MR) is 61.2 cm³/mol. The number of benzene rings is 1. The molecular weight excluding hydrogens is 248 g/mol. The molecule has 88 valence electrons. The van der Waals surface area contributed by atoms with Crippen molar-refractivity contribution in [3.63, 3.8) is 0 Å². The fourth-order valence-electron chi connectivity index (χ4n) is 1.45. The summed E-state index contributed by atoms with van der Waals surface area (Å²) < 4.78 is 31.6. The molecule has 0 unspecified atom stereocenters. The molecular formula is C12H8ClF2NO. The van der Waals surface area contributed by atoms with Gasteiger partial charge in [0.2, 0.25) is 5.88 Å². The standard InChI is InChI=1S/C12H8ClF2NO/c1-17-11-5-8(9(13)6-16-11)7-3-2-4-10(14)12(7)15/h2-6H,1H3. The van der Waals surface area contributed by atoms with Crippen LogP contribution in [0.4, 0.5) is 8.78 Å².